The molecule has 7 heteroatoms. The summed E-state index contributed by atoms with van der Waals surface area (Å²) in [6, 6.07) is 0. The molecule has 0 unspecified atom stereocenters. The van der Waals surface area contributed by atoms with Crippen molar-refractivity contribution in [1.82, 2.24) is 19.7 Å². The van der Waals surface area contributed by atoms with Crippen LogP contribution >= 0.6 is 15.9 Å². The van der Waals surface area contributed by atoms with Crippen LogP contribution in [0.3, 0.4) is 0 Å². The van der Waals surface area contributed by atoms with Crippen molar-refractivity contribution in [3.05, 3.63) is 38.6 Å². The maximum Gasteiger partial charge on any atom is 0.268 e. The molecule has 0 aliphatic carbocycles. The van der Waals surface area contributed by atoms with Crippen molar-refractivity contribution >= 4 is 15.9 Å². The topological polar surface area (TPSA) is 73.8 Å². The molecule has 2 heterocycles. The van der Waals surface area contributed by atoms with Crippen LogP contribution in [0.25, 0.3) is 0 Å². The Kier molecular flexibility index (Phi) is 2.86. The highest BCUT2D eigenvalue weighted by Gasteiger charge is 2.08. The molecule has 2 rings (SSSR count). The van der Waals surface area contributed by atoms with Gasteiger partial charge in [-0.15, -0.1) is 10.2 Å². The minimum Gasteiger partial charge on any atom is -0.424 e. The number of aromatic nitrogens is 4. The van der Waals surface area contributed by atoms with Gasteiger partial charge in [0.25, 0.3) is 5.56 Å². The molecule has 0 spiro atoms. The van der Waals surface area contributed by atoms with E-state index in [-0.39, 0.29) is 12.1 Å². The maximum atomic E-state index is 11.8. The van der Waals surface area contributed by atoms with Crippen molar-refractivity contribution in [3.8, 4) is 0 Å². The average molecular weight is 285 g/mol. The zero-order chi connectivity index (χ0) is 11.7. The SMILES string of the molecule is Cc1nnc(Cn2cnc(C)c(Br)c2=O)o1. The van der Waals surface area contributed by atoms with Gasteiger partial charge in [-0.05, 0) is 22.9 Å². The Morgan fingerprint density at radius 1 is 1.44 bits per heavy atom. The van der Waals surface area contributed by atoms with E-state index in [2.05, 4.69) is 31.1 Å². The van der Waals surface area contributed by atoms with E-state index in [1.165, 1.54) is 10.9 Å². The van der Waals surface area contributed by atoms with E-state index in [4.69, 9.17) is 4.42 Å². The molecule has 0 amide bonds. The lowest BCUT2D eigenvalue weighted by Crippen LogP contribution is -2.22. The lowest BCUT2D eigenvalue weighted by molar-refractivity contribution is 0.450. The molecule has 0 aliphatic heterocycles. The van der Waals surface area contributed by atoms with Gasteiger partial charge in [0.15, 0.2) is 0 Å². The van der Waals surface area contributed by atoms with Crippen LogP contribution in [0.2, 0.25) is 0 Å². The normalized spacial score (nSPS) is 10.7. The third-order valence-electron chi connectivity index (χ3n) is 2.03. The second kappa shape index (κ2) is 4.17. The third-order valence-corrected chi connectivity index (χ3v) is 2.94. The van der Waals surface area contributed by atoms with Crippen molar-refractivity contribution in [2.75, 3.05) is 0 Å². The summed E-state index contributed by atoms with van der Waals surface area (Å²) in [5.41, 5.74) is 0.492. The van der Waals surface area contributed by atoms with Gasteiger partial charge >= 0.3 is 0 Å². The highest BCUT2D eigenvalue weighted by molar-refractivity contribution is 9.10. The minimum absolute atomic E-state index is 0.164. The summed E-state index contributed by atoms with van der Waals surface area (Å²) in [6.07, 6.45) is 1.46. The fourth-order valence-electron chi connectivity index (χ4n) is 1.21. The first-order valence-electron chi connectivity index (χ1n) is 4.58. The fourth-order valence-corrected chi connectivity index (χ4v) is 1.54. The lowest BCUT2D eigenvalue weighted by atomic mass is 10.4. The zero-order valence-electron chi connectivity index (χ0n) is 8.77. The number of hydrogen-bond donors (Lipinski definition) is 0. The molecule has 0 saturated carbocycles. The molecule has 0 bridgehead atoms. The largest absolute Gasteiger partial charge is 0.424 e. The number of hydrogen-bond acceptors (Lipinski definition) is 5. The summed E-state index contributed by atoms with van der Waals surface area (Å²) in [4.78, 5) is 15.9. The van der Waals surface area contributed by atoms with Crippen LogP contribution < -0.4 is 5.56 Å². The van der Waals surface area contributed by atoms with Crippen LogP contribution in [0.1, 0.15) is 17.5 Å². The van der Waals surface area contributed by atoms with E-state index < -0.39 is 0 Å². The number of nitrogens with zero attached hydrogens (tertiary/aromatic N) is 4. The highest BCUT2D eigenvalue weighted by atomic mass is 79.9. The van der Waals surface area contributed by atoms with Crippen LogP contribution in [-0.4, -0.2) is 19.7 Å². The first kappa shape index (κ1) is 11.0. The number of aryl methyl sites for hydroxylation is 2. The molecule has 0 radical (unpaired) electrons. The van der Waals surface area contributed by atoms with Crippen LogP contribution in [0.15, 0.2) is 20.0 Å². The van der Waals surface area contributed by atoms with Gasteiger partial charge in [0.2, 0.25) is 11.8 Å². The summed E-state index contributed by atoms with van der Waals surface area (Å²) in [7, 11) is 0. The Labute approximate surface area is 99.5 Å². The molecule has 84 valence electrons. The minimum atomic E-state index is -0.164. The Morgan fingerprint density at radius 2 is 2.19 bits per heavy atom. The third kappa shape index (κ3) is 2.04. The summed E-state index contributed by atoms with van der Waals surface area (Å²) in [5, 5.41) is 7.50. The molecular formula is C9H9BrN4O2. The van der Waals surface area contributed by atoms with E-state index in [1.54, 1.807) is 13.8 Å². The number of halogens is 1. The summed E-state index contributed by atoms with van der Waals surface area (Å²) in [6.45, 7) is 3.68. The first-order valence-corrected chi connectivity index (χ1v) is 5.37. The van der Waals surface area contributed by atoms with Gasteiger partial charge in [-0.1, -0.05) is 0 Å². The van der Waals surface area contributed by atoms with E-state index in [1.807, 2.05) is 0 Å². The van der Waals surface area contributed by atoms with Crippen molar-refractivity contribution in [1.29, 1.82) is 0 Å². The molecule has 2 aromatic heterocycles. The molecule has 2 aromatic rings. The van der Waals surface area contributed by atoms with E-state index in [9.17, 15) is 4.79 Å². The highest BCUT2D eigenvalue weighted by Crippen LogP contribution is 2.07. The second-order valence-corrected chi connectivity index (χ2v) is 4.08. The predicted octanol–water partition coefficient (Wildman–Crippen LogP) is 1.05. The average Bonchev–Trinajstić information content (AvgIpc) is 2.65. The Balaban J connectivity index is 2.36. The summed E-state index contributed by atoms with van der Waals surface area (Å²) < 4.78 is 7.04. The standard InChI is InChI=1S/C9H9BrN4O2/c1-5-8(10)9(15)14(4-11-5)3-7-13-12-6(2)16-7/h4H,3H2,1-2H3. The summed E-state index contributed by atoms with van der Waals surface area (Å²) in [5.74, 6) is 0.860. The van der Waals surface area contributed by atoms with Crippen LogP contribution in [-0.2, 0) is 6.54 Å². The Hall–Kier alpha value is -1.50. The Morgan fingerprint density at radius 3 is 2.81 bits per heavy atom. The molecular weight excluding hydrogens is 276 g/mol. The fraction of sp³-hybridized carbons (Fsp3) is 0.333. The van der Waals surface area contributed by atoms with Gasteiger partial charge in [0, 0.05) is 6.92 Å². The van der Waals surface area contributed by atoms with E-state index in [0.29, 0.717) is 21.9 Å². The molecule has 0 N–H and O–H groups in total. The van der Waals surface area contributed by atoms with Gasteiger partial charge in [0.1, 0.15) is 11.0 Å². The van der Waals surface area contributed by atoms with Crippen LogP contribution in [0.4, 0.5) is 0 Å². The van der Waals surface area contributed by atoms with Gasteiger partial charge in [-0.2, -0.15) is 0 Å². The molecule has 0 atom stereocenters. The summed E-state index contributed by atoms with van der Waals surface area (Å²) >= 11 is 3.19. The maximum absolute atomic E-state index is 11.8. The van der Waals surface area contributed by atoms with E-state index in [0.717, 1.165) is 0 Å². The molecule has 0 aliphatic rings. The molecule has 16 heavy (non-hydrogen) atoms. The number of rotatable bonds is 2. The molecule has 0 fully saturated rings. The van der Waals surface area contributed by atoms with Crippen molar-refractivity contribution in [2.45, 2.75) is 20.4 Å². The van der Waals surface area contributed by atoms with Crippen molar-refractivity contribution < 1.29 is 4.42 Å². The second-order valence-electron chi connectivity index (χ2n) is 3.29. The van der Waals surface area contributed by atoms with Crippen LogP contribution in [0.5, 0.6) is 0 Å². The van der Waals surface area contributed by atoms with Gasteiger partial charge in [-0.3, -0.25) is 9.36 Å². The molecule has 6 nitrogen and oxygen atoms in total. The predicted molar refractivity (Wildman–Crippen MR) is 59.1 cm³/mol. The first-order chi connectivity index (χ1) is 7.58. The smallest absolute Gasteiger partial charge is 0.268 e. The van der Waals surface area contributed by atoms with Crippen molar-refractivity contribution in [3.63, 3.8) is 0 Å². The lowest BCUT2D eigenvalue weighted by Gasteiger charge is -2.03. The molecule has 0 saturated heterocycles. The monoisotopic (exact) mass is 284 g/mol. The quantitative estimate of drug-likeness (QED) is 0.824. The Bertz CT molecular complexity index is 575. The van der Waals surface area contributed by atoms with Crippen LogP contribution in [0, 0.1) is 13.8 Å². The van der Waals surface area contributed by atoms with Gasteiger partial charge < -0.3 is 4.42 Å². The molecule has 0 aromatic carbocycles. The van der Waals surface area contributed by atoms with Gasteiger partial charge in [-0.25, -0.2) is 4.98 Å². The van der Waals surface area contributed by atoms with Gasteiger partial charge in [0.05, 0.1) is 12.0 Å². The zero-order valence-corrected chi connectivity index (χ0v) is 10.4. The van der Waals surface area contributed by atoms with E-state index >= 15 is 0 Å². The van der Waals surface area contributed by atoms with Crippen molar-refractivity contribution in [2.24, 2.45) is 0 Å².